The number of fused-ring (bicyclic) bond motifs is 1. The van der Waals surface area contributed by atoms with E-state index in [4.69, 9.17) is 0 Å². The van der Waals surface area contributed by atoms with Crippen molar-refractivity contribution < 1.29 is 15.1 Å². The topological polar surface area (TPSA) is 116 Å². The summed E-state index contributed by atoms with van der Waals surface area (Å²) < 4.78 is 0. The Labute approximate surface area is 127 Å². The summed E-state index contributed by atoms with van der Waals surface area (Å²) in [5, 5.41) is 31.2. The Kier molecular flexibility index (Phi) is 4.71. The first-order chi connectivity index (χ1) is 9.95. The molecule has 112 valence electrons. The smallest absolute Gasteiger partial charge is 0.332 e. The number of aromatic nitrogens is 1. The van der Waals surface area contributed by atoms with Gasteiger partial charge in [0.1, 0.15) is 6.10 Å². The number of pyridine rings is 1. The maximum atomic E-state index is 12.0. The Morgan fingerprint density at radius 3 is 2.71 bits per heavy atom. The molecule has 2 rings (SSSR count). The van der Waals surface area contributed by atoms with E-state index in [0.29, 0.717) is 22.8 Å². The van der Waals surface area contributed by atoms with E-state index in [2.05, 4.69) is 20.9 Å². The highest BCUT2D eigenvalue weighted by Gasteiger charge is 2.20. The van der Waals surface area contributed by atoms with Crippen LogP contribution in [0.4, 0.5) is 5.69 Å². The first-order valence-corrected chi connectivity index (χ1v) is 7.29. The number of alkyl halides is 1. The van der Waals surface area contributed by atoms with E-state index in [1.165, 1.54) is 6.07 Å². The Balaban J connectivity index is 2.52. The molecule has 0 bridgehead atoms. The number of H-pyrrole nitrogens is 1. The lowest BCUT2D eigenvalue weighted by atomic mass is 10.0. The summed E-state index contributed by atoms with van der Waals surface area (Å²) in [6.07, 6.45) is -0.768. The maximum Gasteiger partial charge on any atom is 0.332 e. The minimum absolute atomic E-state index is 0.104. The summed E-state index contributed by atoms with van der Waals surface area (Å²) in [4.78, 5) is 24.7. The molecule has 0 amide bonds. The van der Waals surface area contributed by atoms with Crippen LogP contribution in [0.3, 0.4) is 0 Å². The van der Waals surface area contributed by atoms with Crippen LogP contribution in [0.15, 0.2) is 29.2 Å². The van der Waals surface area contributed by atoms with Crippen molar-refractivity contribution >= 4 is 32.5 Å². The van der Waals surface area contributed by atoms with Gasteiger partial charge in [0.2, 0.25) is 0 Å². The molecule has 0 aliphatic carbocycles. The van der Waals surface area contributed by atoms with Gasteiger partial charge in [0.15, 0.2) is 0 Å². The first-order valence-electron chi connectivity index (χ1n) is 6.17. The van der Waals surface area contributed by atoms with Gasteiger partial charge in [-0.2, -0.15) is 0 Å². The van der Waals surface area contributed by atoms with Gasteiger partial charge in [-0.05, 0) is 24.1 Å². The summed E-state index contributed by atoms with van der Waals surface area (Å²) >= 11 is 3.17. The van der Waals surface area contributed by atoms with E-state index in [0.717, 1.165) is 6.20 Å². The molecule has 0 aliphatic heterocycles. The molecule has 2 atom stereocenters. The molecular weight excluding hydrogens is 344 g/mol. The molecule has 0 radical (unpaired) electrons. The van der Waals surface area contributed by atoms with Crippen molar-refractivity contribution in [3.8, 4) is 0 Å². The highest BCUT2D eigenvalue weighted by atomic mass is 79.9. The minimum Gasteiger partial charge on any atom is -0.390 e. The summed E-state index contributed by atoms with van der Waals surface area (Å²) in [6, 6.07) is 4.47. The van der Waals surface area contributed by atoms with Crippen molar-refractivity contribution in [2.24, 2.45) is 0 Å². The molecule has 1 heterocycles. The summed E-state index contributed by atoms with van der Waals surface area (Å²) in [7, 11) is 0. The van der Waals surface area contributed by atoms with Crippen molar-refractivity contribution in [1.82, 2.24) is 4.98 Å². The Bertz CT molecular complexity index is 730. The molecule has 2 unspecified atom stereocenters. The molecule has 0 fully saturated rings. The van der Waals surface area contributed by atoms with Gasteiger partial charge in [-0.3, -0.25) is 14.9 Å². The molecule has 0 saturated carbocycles. The molecule has 0 aliphatic rings. The molecule has 2 aromatic rings. The van der Waals surface area contributed by atoms with Crippen molar-refractivity contribution in [2.75, 3.05) is 5.33 Å². The van der Waals surface area contributed by atoms with Gasteiger partial charge in [0.25, 0.3) is 5.43 Å². The molecule has 1 aromatic heterocycles. The van der Waals surface area contributed by atoms with Crippen molar-refractivity contribution in [1.29, 1.82) is 0 Å². The number of aliphatic hydroxyl groups is 2. The Morgan fingerprint density at radius 2 is 2.10 bits per heavy atom. The van der Waals surface area contributed by atoms with Crippen LogP contribution < -0.4 is 5.43 Å². The van der Waals surface area contributed by atoms with Crippen LogP contribution in [0.1, 0.15) is 18.1 Å². The summed E-state index contributed by atoms with van der Waals surface area (Å²) in [5.74, 6) is 0. The van der Waals surface area contributed by atoms with E-state index in [-0.39, 0.29) is 5.39 Å². The van der Waals surface area contributed by atoms with E-state index in [1.807, 2.05) is 0 Å². The third-order valence-electron chi connectivity index (χ3n) is 3.19. The number of aromatic amines is 1. The number of nitrogens with zero attached hydrogens (tertiary/aromatic N) is 1. The number of hydrogen-bond donors (Lipinski definition) is 3. The lowest BCUT2D eigenvalue weighted by Crippen LogP contribution is -2.19. The monoisotopic (exact) mass is 356 g/mol. The molecule has 0 saturated heterocycles. The second-order valence-corrected chi connectivity index (χ2v) is 5.35. The molecule has 1 aromatic carbocycles. The maximum absolute atomic E-state index is 12.0. The third kappa shape index (κ3) is 3.12. The second-order valence-electron chi connectivity index (χ2n) is 4.56. The number of rotatable bonds is 5. The van der Waals surface area contributed by atoms with Crippen LogP contribution in [0.25, 0.3) is 10.9 Å². The van der Waals surface area contributed by atoms with Gasteiger partial charge in [-0.25, -0.2) is 0 Å². The molecule has 0 spiro atoms. The average Bonchev–Trinajstić information content (AvgIpc) is 2.46. The number of hydrogen-bond acceptors (Lipinski definition) is 5. The van der Waals surface area contributed by atoms with E-state index >= 15 is 0 Å². The minimum atomic E-state index is -1.16. The number of nitrogens with one attached hydrogen (secondary N) is 1. The lowest BCUT2D eigenvalue weighted by molar-refractivity contribution is -0.386. The molecular formula is C13H13BrN2O5. The number of benzene rings is 1. The van der Waals surface area contributed by atoms with Crippen LogP contribution in [-0.4, -0.2) is 31.6 Å². The zero-order valence-electron chi connectivity index (χ0n) is 10.8. The van der Waals surface area contributed by atoms with Gasteiger partial charge in [-0.1, -0.05) is 22.0 Å². The summed E-state index contributed by atoms with van der Waals surface area (Å²) in [6.45, 7) is 0. The van der Waals surface area contributed by atoms with Crippen LogP contribution in [0, 0.1) is 10.1 Å². The number of nitro groups is 1. The molecule has 7 nitrogen and oxygen atoms in total. The third-order valence-corrected chi connectivity index (χ3v) is 3.65. The highest BCUT2D eigenvalue weighted by Crippen LogP contribution is 2.23. The van der Waals surface area contributed by atoms with Gasteiger partial charge in [-0.15, -0.1) is 0 Å². The van der Waals surface area contributed by atoms with Crippen LogP contribution in [0.5, 0.6) is 0 Å². The van der Waals surface area contributed by atoms with Crippen molar-refractivity contribution in [2.45, 2.75) is 18.6 Å². The standard InChI is InChI=1S/C13H13BrN2O5/c14-4-3-11(17)12(18)7-1-2-9-8(5-7)13(19)10(6-15-9)16(20)21/h1-2,5-6,11-12,17-18H,3-4H2,(H,15,19). The number of halogens is 1. The quantitative estimate of drug-likeness (QED) is 0.427. The van der Waals surface area contributed by atoms with Crippen LogP contribution >= 0.6 is 15.9 Å². The van der Waals surface area contributed by atoms with Crippen molar-refractivity contribution in [3.05, 3.63) is 50.3 Å². The molecule has 8 heteroatoms. The average molecular weight is 357 g/mol. The van der Waals surface area contributed by atoms with E-state index in [9.17, 15) is 25.1 Å². The van der Waals surface area contributed by atoms with Gasteiger partial charge < -0.3 is 15.2 Å². The fraction of sp³-hybridized carbons (Fsp3) is 0.308. The van der Waals surface area contributed by atoms with Crippen molar-refractivity contribution in [3.63, 3.8) is 0 Å². The predicted octanol–water partition coefficient (Wildman–Crippen LogP) is 1.62. The van der Waals surface area contributed by atoms with Gasteiger partial charge in [0, 0.05) is 10.8 Å². The first kappa shape index (κ1) is 15.6. The van der Waals surface area contributed by atoms with Crippen LogP contribution in [0.2, 0.25) is 0 Å². The molecule has 3 N–H and O–H groups in total. The second kappa shape index (κ2) is 6.33. The van der Waals surface area contributed by atoms with E-state index in [1.54, 1.807) is 12.1 Å². The zero-order chi connectivity index (χ0) is 15.6. The number of aliphatic hydroxyl groups excluding tert-OH is 2. The van der Waals surface area contributed by atoms with E-state index < -0.39 is 28.2 Å². The van der Waals surface area contributed by atoms with Crippen LogP contribution in [-0.2, 0) is 0 Å². The molecule has 21 heavy (non-hydrogen) atoms. The largest absolute Gasteiger partial charge is 0.390 e. The fourth-order valence-corrected chi connectivity index (χ4v) is 2.51. The SMILES string of the molecule is O=c1c([N+](=O)[O-])c[nH]c2ccc(C(O)C(O)CCBr)cc12. The normalized spacial score (nSPS) is 14.0. The summed E-state index contributed by atoms with van der Waals surface area (Å²) in [5.41, 5.74) is -0.522. The fourth-order valence-electron chi connectivity index (χ4n) is 2.04. The highest BCUT2D eigenvalue weighted by molar-refractivity contribution is 9.09. The Morgan fingerprint density at radius 1 is 1.38 bits per heavy atom. The zero-order valence-corrected chi connectivity index (χ0v) is 12.4. The van der Waals surface area contributed by atoms with Gasteiger partial charge in [0.05, 0.1) is 22.6 Å². The Hall–Kier alpha value is -1.77. The predicted molar refractivity (Wildman–Crippen MR) is 80.6 cm³/mol. The lowest BCUT2D eigenvalue weighted by Gasteiger charge is -2.17. The van der Waals surface area contributed by atoms with Gasteiger partial charge >= 0.3 is 5.69 Å².